The lowest BCUT2D eigenvalue weighted by molar-refractivity contribution is 0.0117. The average molecular weight is 267 g/mol. The molecule has 0 amide bonds. The van der Waals surface area contributed by atoms with Crippen molar-refractivity contribution in [1.82, 2.24) is 5.32 Å². The van der Waals surface area contributed by atoms with Crippen LogP contribution in [-0.2, 0) is 22.6 Å². The van der Waals surface area contributed by atoms with E-state index < -0.39 is 0 Å². The Balaban J connectivity index is 1.71. The lowest BCUT2D eigenvalue weighted by Gasteiger charge is -2.21. The molecule has 0 aliphatic carbocycles. The highest BCUT2D eigenvalue weighted by Crippen LogP contribution is 2.17. The summed E-state index contributed by atoms with van der Waals surface area (Å²) in [5.41, 5.74) is 1.20. The zero-order chi connectivity index (χ0) is 13.5. The normalized spacial score (nSPS) is 17.2. The molecule has 1 aliphatic rings. The maximum absolute atomic E-state index is 5.79. The van der Waals surface area contributed by atoms with Crippen LogP contribution in [0.1, 0.15) is 38.0 Å². The number of rotatable bonds is 7. The van der Waals surface area contributed by atoms with E-state index in [2.05, 4.69) is 19.2 Å². The zero-order valence-electron chi connectivity index (χ0n) is 12.0. The molecule has 2 heterocycles. The third-order valence-electron chi connectivity index (χ3n) is 3.47. The fourth-order valence-electron chi connectivity index (χ4n) is 2.20. The molecule has 1 N–H and O–H groups in total. The van der Waals surface area contributed by atoms with E-state index >= 15 is 0 Å². The smallest absolute Gasteiger partial charge is 0.133 e. The molecular weight excluding hydrogens is 242 g/mol. The first-order valence-electron chi connectivity index (χ1n) is 7.20. The summed E-state index contributed by atoms with van der Waals surface area (Å²) in [6.45, 7) is 8.24. The molecule has 4 heteroatoms. The minimum absolute atomic E-state index is 0.478. The van der Waals surface area contributed by atoms with Gasteiger partial charge in [-0.15, -0.1) is 0 Å². The third-order valence-corrected chi connectivity index (χ3v) is 3.47. The fraction of sp³-hybridized carbons (Fsp3) is 0.733. The molecule has 4 nitrogen and oxygen atoms in total. The first-order valence-corrected chi connectivity index (χ1v) is 7.20. The van der Waals surface area contributed by atoms with Crippen LogP contribution in [0.2, 0.25) is 0 Å². The van der Waals surface area contributed by atoms with Crippen molar-refractivity contribution in [1.29, 1.82) is 0 Å². The molecule has 1 aliphatic heterocycles. The van der Waals surface area contributed by atoms with Crippen molar-refractivity contribution in [2.75, 3.05) is 19.8 Å². The monoisotopic (exact) mass is 267 g/mol. The molecule has 0 radical (unpaired) electrons. The lowest BCUT2D eigenvalue weighted by atomic mass is 10.0. The van der Waals surface area contributed by atoms with Crippen molar-refractivity contribution in [3.8, 4) is 0 Å². The van der Waals surface area contributed by atoms with E-state index in [9.17, 15) is 0 Å². The Labute approximate surface area is 115 Å². The highest BCUT2D eigenvalue weighted by atomic mass is 16.5. The van der Waals surface area contributed by atoms with Gasteiger partial charge in [0.2, 0.25) is 0 Å². The van der Waals surface area contributed by atoms with E-state index in [1.165, 1.54) is 5.56 Å². The predicted octanol–water partition coefficient (Wildman–Crippen LogP) is 2.72. The molecule has 2 rings (SSSR count). The van der Waals surface area contributed by atoms with E-state index in [1.807, 2.05) is 6.07 Å². The Kier molecular flexibility index (Phi) is 5.89. The summed E-state index contributed by atoms with van der Waals surface area (Å²) in [7, 11) is 0. The van der Waals surface area contributed by atoms with Crippen LogP contribution in [0.3, 0.4) is 0 Å². The van der Waals surface area contributed by atoms with Crippen LogP contribution in [0.5, 0.6) is 0 Å². The highest BCUT2D eigenvalue weighted by molar-refractivity contribution is 5.16. The number of hydrogen-bond acceptors (Lipinski definition) is 4. The van der Waals surface area contributed by atoms with Crippen LogP contribution in [0.4, 0.5) is 0 Å². The second-order valence-corrected chi connectivity index (χ2v) is 5.48. The van der Waals surface area contributed by atoms with Crippen molar-refractivity contribution in [3.63, 3.8) is 0 Å². The van der Waals surface area contributed by atoms with Gasteiger partial charge in [-0.2, -0.15) is 0 Å². The van der Waals surface area contributed by atoms with Gasteiger partial charge in [-0.1, -0.05) is 13.8 Å². The first kappa shape index (κ1) is 14.6. The Morgan fingerprint density at radius 2 is 2.16 bits per heavy atom. The Bertz CT molecular complexity index is 356. The summed E-state index contributed by atoms with van der Waals surface area (Å²) >= 11 is 0. The second kappa shape index (κ2) is 7.68. The molecule has 0 unspecified atom stereocenters. The third kappa shape index (κ3) is 4.97. The minimum atomic E-state index is 0.478. The minimum Gasteiger partial charge on any atom is -0.467 e. The molecule has 108 valence electrons. The Hall–Kier alpha value is -0.840. The van der Waals surface area contributed by atoms with E-state index in [4.69, 9.17) is 13.9 Å². The van der Waals surface area contributed by atoms with Gasteiger partial charge < -0.3 is 19.2 Å². The largest absolute Gasteiger partial charge is 0.467 e. The number of hydrogen-bond donors (Lipinski definition) is 1. The van der Waals surface area contributed by atoms with Crippen molar-refractivity contribution in [2.24, 2.45) is 5.92 Å². The van der Waals surface area contributed by atoms with Crippen LogP contribution in [-0.4, -0.2) is 25.9 Å². The molecule has 1 aromatic heterocycles. The molecule has 1 saturated heterocycles. The highest BCUT2D eigenvalue weighted by Gasteiger charge is 2.14. The molecule has 19 heavy (non-hydrogen) atoms. The standard InChI is InChI=1S/C15H25NO3/c1-12(2)16-9-14-5-8-19-15(14)11-18-10-13-3-6-17-7-4-13/h5,8,12-13,16H,3-4,6-7,9-11H2,1-2H3. The van der Waals surface area contributed by atoms with Gasteiger partial charge in [0.25, 0.3) is 0 Å². The molecule has 0 atom stereocenters. The molecule has 1 aromatic rings. The summed E-state index contributed by atoms with van der Waals surface area (Å²) in [5, 5.41) is 3.40. The first-order chi connectivity index (χ1) is 9.25. The molecule has 0 spiro atoms. The van der Waals surface area contributed by atoms with E-state index in [0.29, 0.717) is 18.6 Å². The van der Waals surface area contributed by atoms with Gasteiger partial charge in [0, 0.05) is 31.4 Å². The van der Waals surface area contributed by atoms with Gasteiger partial charge in [-0.25, -0.2) is 0 Å². The van der Waals surface area contributed by atoms with Crippen LogP contribution in [0.15, 0.2) is 16.7 Å². The van der Waals surface area contributed by atoms with Crippen LogP contribution in [0.25, 0.3) is 0 Å². The summed E-state index contributed by atoms with van der Waals surface area (Å²) < 4.78 is 16.6. The Morgan fingerprint density at radius 1 is 1.37 bits per heavy atom. The summed E-state index contributed by atoms with van der Waals surface area (Å²) in [4.78, 5) is 0. The quantitative estimate of drug-likeness (QED) is 0.825. The summed E-state index contributed by atoms with van der Waals surface area (Å²) in [5.74, 6) is 1.58. The van der Waals surface area contributed by atoms with Crippen molar-refractivity contribution < 1.29 is 13.9 Å². The Morgan fingerprint density at radius 3 is 2.89 bits per heavy atom. The van der Waals surface area contributed by atoms with E-state index in [1.54, 1.807) is 6.26 Å². The van der Waals surface area contributed by atoms with Crippen LogP contribution >= 0.6 is 0 Å². The molecule has 0 saturated carbocycles. The summed E-state index contributed by atoms with van der Waals surface area (Å²) in [6, 6.07) is 2.49. The number of nitrogens with one attached hydrogen (secondary N) is 1. The van der Waals surface area contributed by atoms with E-state index in [-0.39, 0.29) is 0 Å². The topological polar surface area (TPSA) is 43.6 Å². The van der Waals surface area contributed by atoms with Crippen molar-refractivity contribution >= 4 is 0 Å². The number of furan rings is 1. The summed E-state index contributed by atoms with van der Waals surface area (Å²) in [6.07, 6.45) is 3.96. The van der Waals surface area contributed by atoms with Crippen molar-refractivity contribution in [2.45, 2.75) is 45.9 Å². The molecular formula is C15H25NO3. The maximum Gasteiger partial charge on any atom is 0.133 e. The fourth-order valence-corrected chi connectivity index (χ4v) is 2.20. The predicted molar refractivity (Wildman–Crippen MR) is 73.9 cm³/mol. The van der Waals surface area contributed by atoms with Gasteiger partial charge in [0.15, 0.2) is 0 Å². The number of ether oxygens (including phenoxy) is 2. The zero-order valence-corrected chi connectivity index (χ0v) is 12.0. The maximum atomic E-state index is 5.79. The SMILES string of the molecule is CC(C)NCc1ccoc1COCC1CCOCC1. The van der Waals surface area contributed by atoms with Gasteiger partial charge in [-0.05, 0) is 24.8 Å². The second-order valence-electron chi connectivity index (χ2n) is 5.48. The molecule has 1 fully saturated rings. The van der Waals surface area contributed by atoms with E-state index in [0.717, 1.165) is 45.0 Å². The molecule has 0 bridgehead atoms. The van der Waals surface area contributed by atoms with Gasteiger partial charge in [0.1, 0.15) is 12.4 Å². The van der Waals surface area contributed by atoms with Gasteiger partial charge in [-0.3, -0.25) is 0 Å². The molecule has 0 aromatic carbocycles. The lowest BCUT2D eigenvalue weighted by Crippen LogP contribution is -2.22. The van der Waals surface area contributed by atoms with Gasteiger partial charge in [0.05, 0.1) is 12.9 Å². The average Bonchev–Trinajstić information content (AvgIpc) is 2.85. The van der Waals surface area contributed by atoms with Gasteiger partial charge >= 0.3 is 0 Å². The van der Waals surface area contributed by atoms with Crippen LogP contribution in [0, 0.1) is 5.92 Å². The van der Waals surface area contributed by atoms with Crippen molar-refractivity contribution in [3.05, 3.63) is 23.7 Å². The van der Waals surface area contributed by atoms with Crippen LogP contribution < -0.4 is 5.32 Å².